The average Bonchev–Trinajstić information content (AvgIpc) is 2.38. The Kier molecular flexibility index (Phi) is 4.72. The molecule has 0 aliphatic heterocycles. The molecular weight excluding hydrogens is 229 g/mol. The Labute approximate surface area is 108 Å². The molecule has 0 bridgehead atoms. The predicted octanol–water partition coefficient (Wildman–Crippen LogP) is 2.65. The lowest BCUT2D eigenvalue weighted by molar-refractivity contribution is 0.00517. The van der Waals surface area contributed by atoms with Crippen molar-refractivity contribution in [2.75, 3.05) is 13.1 Å². The smallest absolute Gasteiger partial charge is 0.123 e. The molecule has 0 aromatic heterocycles. The van der Waals surface area contributed by atoms with Crippen molar-refractivity contribution in [2.24, 2.45) is 0 Å². The van der Waals surface area contributed by atoms with Gasteiger partial charge >= 0.3 is 0 Å². The van der Waals surface area contributed by atoms with Crippen molar-refractivity contribution < 1.29 is 9.50 Å². The summed E-state index contributed by atoms with van der Waals surface area (Å²) in [6, 6.07) is 6.60. The standard InChI is InChI=1S/C15H22FNO/c16-14-6-4-13(5-7-14)8-11-17-12-15(18)9-2-1-3-10-15/h4-7,17-18H,1-3,8-12H2. The second-order valence-corrected chi connectivity index (χ2v) is 5.34. The van der Waals surface area contributed by atoms with E-state index in [-0.39, 0.29) is 5.82 Å². The van der Waals surface area contributed by atoms with Crippen molar-refractivity contribution in [1.29, 1.82) is 0 Å². The van der Waals surface area contributed by atoms with Crippen LogP contribution in [0, 0.1) is 5.82 Å². The monoisotopic (exact) mass is 251 g/mol. The van der Waals surface area contributed by atoms with Gasteiger partial charge < -0.3 is 10.4 Å². The van der Waals surface area contributed by atoms with Crippen molar-refractivity contribution in [1.82, 2.24) is 5.32 Å². The number of nitrogens with one attached hydrogen (secondary N) is 1. The molecule has 0 unspecified atom stereocenters. The zero-order valence-corrected chi connectivity index (χ0v) is 10.8. The highest BCUT2D eigenvalue weighted by Crippen LogP contribution is 2.27. The van der Waals surface area contributed by atoms with Gasteiger partial charge in [0.1, 0.15) is 5.82 Å². The third-order valence-electron chi connectivity index (χ3n) is 3.74. The number of halogens is 1. The van der Waals surface area contributed by atoms with E-state index in [0.717, 1.165) is 44.2 Å². The van der Waals surface area contributed by atoms with E-state index < -0.39 is 5.60 Å². The Bertz CT molecular complexity index is 357. The van der Waals surface area contributed by atoms with E-state index in [0.29, 0.717) is 6.54 Å². The molecule has 2 rings (SSSR count). The second kappa shape index (κ2) is 6.30. The number of hydrogen-bond acceptors (Lipinski definition) is 2. The molecule has 0 radical (unpaired) electrons. The fourth-order valence-corrected chi connectivity index (χ4v) is 2.59. The molecule has 18 heavy (non-hydrogen) atoms. The Morgan fingerprint density at radius 2 is 1.78 bits per heavy atom. The van der Waals surface area contributed by atoms with Gasteiger partial charge in [-0.3, -0.25) is 0 Å². The van der Waals surface area contributed by atoms with Gasteiger partial charge in [0.05, 0.1) is 5.60 Å². The van der Waals surface area contributed by atoms with Crippen LogP contribution in [0.5, 0.6) is 0 Å². The molecule has 0 spiro atoms. The van der Waals surface area contributed by atoms with Crippen LogP contribution in [0.1, 0.15) is 37.7 Å². The highest BCUT2D eigenvalue weighted by atomic mass is 19.1. The van der Waals surface area contributed by atoms with Crippen LogP contribution >= 0.6 is 0 Å². The van der Waals surface area contributed by atoms with Gasteiger partial charge in [0.25, 0.3) is 0 Å². The minimum atomic E-state index is -0.499. The van der Waals surface area contributed by atoms with Crippen LogP contribution in [-0.2, 0) is 6.42 Å². The quantitative estimate of drug-likeness (QED) is 0.789. The van der Waals surface area contributed by atoms with E-state index in [1.165, 1.54) is 18.6 Å². The lowest BCUT2D eigenvalue weighted by Gasteiger charge is -2.32. The van der Waals surface area contributed by atoms with Crippen LogP contribution < -0.4 is 5.32 Å². The maximum atomic E-state index is 12.7. The highest BCUT2D eigenvalue weighted by molar-refractivity contribution is 5.16. The van der Waals surface area contributed by atoms with Crippen LogP contribution in [-0.4, -0.2) is 23.8 Å². The zero-order chi connectivity index (χ0) is 12.8. The molecule has 0 atom stereocenters. The number of hydrogen-bond donors (Lipinski definition) is 2. The summed E-state index contributed by atoms with van der Waals surface area (Å²) in [5.74, 6) is -0.191. The van der Waals surface area contributed by atoms with Crippen molar-refractivity contribution in [3.8, 4) is 0 Å². The molecule has 0 saturated heterocycles. The summed E-state index contributed by atoms with van der Waals surface area (Å²) in [5, 5.41) is 13.6. The third kappa shape index (κ3) is 4.07. The molecule has 2 N–H and O–H groups in total. The maximum absolute atomic E-state index is 12.7. The first-order valence-electron chi connectivity index (χ1n) is 6.86. The van der Waals surface area contributed by atoms with E-state index in [1.807, 2.05) is 12.1 Å². The van der Waals surface area contributed by atoms with Gasteiger partial charge in [-0.25, -0.2) is 4.39 Å². The normalized spacial score (nSPS) is 18.8. The first-order valence-corrected chi connectivity index (χ1v) is 6.86. The predicted molar refractivity (Wildman–Crippen MR) is 71.0 cm³/mol. The van der Waals surface area contributed by atoms with Gasteiger partial charge in [-0.2, -0.15) is 0 Å². The minimum absolute atomic E-state index is 0.191. The van der Waals surface area contributed by atoms with Crippen molar-refractivity contribution in [3.05, 3.63) is 35.6 Å². The third-order valence-corrected chi connectivity index (χ3v) is 3.74. The van der Waals surface area contributed by atoms with Crippen molar-refractivity contribution in [3.63, 3.8) is 0 Å². The van der Waals surface area contributed by atoms with E-state index in [1.54, 1.807) is 0 Å². The van der Waals surface area contributed by atoms with Gasteiger partial charge in [-0.1, -0.05) is 31.4 Å². The van der Waals surface area contributed by atoms with Gasteiger partial charge in [0.15, 0.2) is 0 Å². The lowest BCUT2D eigenvalue weighted by Crippen LogP contribution is -2.42. The molecule has 1 saturated carbocycles. The van der Waals surface area contributed by atoms with Crippen LogP contribution in [0.2, 0.25) is 0 Å². The summed E-state index contributed by atoms with van der Waals surface area (Å²) >= 11 is 0. The van der Waals surface area contributed by atoms with Gasteiger partial charge in [0.2, 0.25) is 0 Å². The van der Waals surface area contributed by atoms with Crippen molar-refractivity contribution >= 4 is 0 Å². The molecule has 3 heteroatoms. The summed E-state index contributed by atoms with van der Waals surface area (Å²) in [5.41, 5.74) is 0.626. The Morgan fingerprint density at radius 3 is 2.44 bits per heavy atom. The average molecular weight is 251 g/mol. The summed E-state index contributed by atoms with van der Waals surface area (Å²) in [4.78, 5) is 0. The van der Waals surface area contributed by atoms with Crippen LogP contribution in [0.4, 0.5) is 4.39 Å². The molecule has 1 aliphatic rings. The molecule has 1 fully saturated rings. The minimum Gasteiger partial charge on any atom is -0.389 e. The number of rotatable bonds is 5. The Morgan fingerprint density at radius 1 is 1.11 bits per heavy atom. The first-order chi connectivity index (χ1) is 8.68. The Balaban J connectivity index is 1.67. The van der Waals surface area contributed by atoms with Crippen LogP contribution in [0.15, 0.2) is 24.3 Å². The van der Waals surface area contributed by atoms with Gasteiger partial charge in [0, 0.05) is 6.54 Å². The molecule has 0 amide bonds. The summed E-state index contributed by atoms with van der Waals surface area (Å²) in [6.07, 6.45) is 6.22. The Hall–Kier alpha value is -0.930. The van der Waals surface area contributed by atoms with E-state index in [9.17, 15) is 9.50 Å². The van der Waals surface area contributed by atoms with E-state index >= 15 is 0 Å². The van der Waals surface area contributed by atoms with Crippen LogP contribution in [0.25, 0.3) is 0 Å². The maximum Gasteiger partial charge on any atom is 0.123 e. The molecule has 0 heterocycles. The van der Waals surface area contributed by atoms with Crippen molar-refractivity contribution in [2.45, 2.75) is 44.1 Å². The molecular formula is C15H22FNO. The lowest BCUT2D eigenvalue weighted by atomic mass is 9.85. The number of aliphatic hydroxyl groups is 1. The van der Waals surface area contributed by atoms with E-state index in [2.05, 4.69) is 5.32 Å². The molecule has 1 aromatic rings. The van der Waals surface area contributed by atoms with Gasteiger partial charge in [-0.05, 0) is 43.5 Å². The first kappa shape index (κ1) is 13.5. The fourth-order valence-electron chi connectivity index (χ4n) is 2.59. The number of benzene rings is 1. The molecule has 100 valence electrons. The molecule has 1 aromatic carbocycles. The largest absolute Gasteiger partial charge is 0.389 e. The summed E-state index contributed by atoms with van der Waals surface area (Å²) in [6.45, 7) is 1.50. The zero-order valence-electron chi connectivity index (χ0n) is 10.8. The molecule has 1 aliphatic carbocycles. The highest BCUT2D eigenvalue weighted by Gasteiger charge is 2.28. The SMILES string of the molecule is OC1(CNCCc2ccc(F)cc2)CCCCC1. The van der Waals surface area contributed by atoms with E-state index in [4.69, 9.17) is 0 Å². The van der Waals surface area contributed by atoms with Gasteiger partial charge in [-0.15, -0.1) is 0 Å². The summed E-state index contributed by atoms with van der Waals surface area (Å²) < 4.78 is 12.7. The topological polar surface area (TPSA) is 32.3 Å². The second-order valence-electron chi connectivity index (χ2n) is 5.34. The van der Waals surface area contributed by atoms with Crippen LogP contribution in [0.3, 0.4) is 0 Å². The summed E-state index contributed by atoms with van der Waals surface area (Å²) in [7, 11) is 0. The molecule has 2 nitrogen and oxygen atoms in total. The fraction of sp³-hybridized carbons (Fsp3) is 0.600.